The highest BCUT2D eigenvalue weighted by atomic mass is 127. The topological polar surface area (TPSA) is 54.9 Å². The Kier molecular flexibility index (Phi) is 12.5. The van der Waals surface area contributed by atoms with Gasteiger partial charge in [0.25, 0.3) is 0 Å². The standard InChI is InChI=1S/C18H31N3O2S.HI/c1-3-19-18(20-8-10-22-14-16-6-4-9-23-16)21-13-15(2)12-17-7-5-11-24-17;/h5,7,11,15-16H,3-4,6,8-10,12-14H2,1-2H3,(H2,19,20,21);1H. The molecule has 2 atom stereocenters. The highest BCUT2D eigenvalue weighted by Gasteiger charge is 2.14. The second-order valence-corrected chi connectivity index (χ2v) is 7.28. The van der Waals surface area contributed by atoms with Crippen LogP contribution in [0, 0.1) is 5.92 Å². The smallest absolute Gasteiger partial charge is 0.191 e. The van der Waals surface area contributed by atoms with Crippen molar-refractivity contribution in [2.24, 2.45) is 10.9 Å². The average Bonchev–Trinajstić information content (AvgIpc) is 3.26. The molecule has 2 heterocycles. The molecule has 1 aliphatic rings. The molecule has 2 N–H and O–H groups in total. The summed E-state index contributed by atoms with van der Waals surface area (Å²) in [5.74, 6) is 1.41. The first-order valence-electron chi connectivity index (χ1n) is 9.01. The van der Waals surface area contributed by atoms with Crippen molar-refractivity contribution in [2.75, 3.05) is 39.5 Å². The summed E-state index contributed by atoms with van der Waals surface area (Å²) in [4.78, 5) is 6.12. The molecule has 144 valence electrons. The van der Waals surface area contributed by atoms with Gasteiger partial charge in [0.15, 0.2) is 5.96 Å². The Balaban J connectivity index is 0.00000312. The quantitative estimate of drug-likeness (QED) is 0.233. The Morgan fingerprint density at radius 3 is 3.04 bits per heavy atom. The van der Waals surface area contributed by atoms with Crippen molar-refractivity contribution >= 4 is 41.3 Å². The molecule has 1 saturated heterocycles. The Morgan fingerprint density at radius 1 is 1.48 bits per heavy atom. The molecule has 0 saturated carbocycles. The van der Waals surface area contributed by atoms with Gasteiger partial charge < -0.3 is 20.1 Å². The number of thiophene rings is 1. The monoisotopic (exact) mass is 481 g/mol. The predicted molar refractivity (Wildman–Crippen MR) is 116 cm³/mol. The van der Waals surface area contributed by atoms with E-state index in [9.17, 15) is 0 Å². The molecule has 25 heavy (non-hydrogen) atoms. The third kappa shape index (κ3) is 9.77. The summed E-state index contributed by atoms with van der Waals surface area (Å²) in [6.07, 6.45) is 3.67. The molecule has 5 nitrogen and oxygen atoms in total. The van der Waals surface area contributed by atoms with Crippen LogP contribution >= 0.6 is 35.3 Å². The normalized spacial score (nSPS) is 18.6. The fourth-order valence-corrected chi connectivity index (χ4v) is 3.53. The van der Waals surface area contributed by atoms with E-state index in [1.807, 2.05) is 11.3 Å². The maximum Gasteiger partial charge on any atom is 0.191 e. The van der Waals surface area contributed by atoms with Gasteiger partial charge in [-0.15, -0.1) is 35.3 Å². The minimum absolute atomic E-state index is 0. The molecule has 0 aromatic carbocycles. The average molecular weight is 481 g/mol. The number of hydrogen-bond acceptors (Lipinski definition) is 4. The molecule has 0 radical (unpaired) electrons. The van der Waals surface area contributed by atoms with Gasteiger partial charge in [0, 0.05) is 31.1 Å². The fraction of sp³-hybridized carbons (Fsp3) is 0.722. The maximum absolute atomic E-state index is 5.67. The number of nitrogens with one attached hydrogen (secondary N) is 2. The Bertz CT molecular complexity index is 465. The van der Waals surface area contributed by atoms with Crippen molar-refractivity contribution < 1.29 is 9.47 Å². The number of nitrogens with zero attached hydrogens (tertiary/aromatic N) is 1. The van der Waals surface area contributed by atoms with Crippen LogP contribution in [0.5, 0.6) is 0 Å². The minimum atomic E-state index is 0. The number of aliphatic imine (C=N–C) groups is 1. The Morgan fingerprint density at radius 2 is 2.36 bits per heavy atom. The molecule has 7 heteroatoms. The summed E-state index contributed by atoms with van der Waals surface area (Å²) in [6.45, 7) is 9.04. The number of ether oxygens (including phenoxy) is 2. The largest absolute Gasteiger partial charge is 0.377 e. The van der Waals surface area contributed by atoms with E-state index >= 15 is 0 Å². The molecule has 0 aliphatic carbocycles. The zero-order valence-corrected chi connectivity index (χ0v) is 18.5. The highest BCUT2D eigenvalue weighted by molar-refractivity contribution is 14.0. The van der Waals surface area contributed by atoms with Crippen molar-refractivity contribution in [1.82, 2.24) is 10.6 Å². The first kappa shape index (κ1) is 22.7. The van der Waals surface area contributed by atoms with Crippen molar-refractivity contribution in [1.29, 1.82) is 0 Å². The van der Waals surface area contributed by atoms with E-state index in [1.54, 1.807) is 0 Å². The van der Waals surface area contributed by atoms with E-state index in [1.165, 1.54) is 4.88 Å². The zero-order chi connectivity index (χ0) is 17.0. The second kappa shape index (κ2) is 13.8. The molecule has 1 aliphatic heterocycles. The molecule has 1 aromatic heterocycles. The fourth-order valence-electron chi connectivity index (χ4n) is 2.66. The Labute approximate surface area is 173 Å². The van der Waals surface area contributed by atoms with E-state index in [2.05, 4.69) is 47.0 Å². The van der Waals surface area contributed by atoms with Crippen LogP contribution in [0.1, 0.15) is 31.6 Å². The summed E-state index contributed by atoms with van der Waals surface area (Å²) in [5.41, 5.74) is 0. The van der Waals surface area contributed by atoms with Gasteiger partial charge in [-0.3, -0.25) is 4.99 Å². The van der Waals surface area contributed by atoms with Crippen molar-refractivity contribution in [2.45, 2.75) is 39.2 Å². The van der Waals surface area contributed by atoms with E-state index < -0.39 is 0 Å². The molecule has 0 spiro atoms. The van der Waals surface area contributed by atoms with Gasteiger partial charge in [0.1, 0.15) is 0 Å². The number of hydrogen-bond donors (Lipinski definition) is 2. The lowest BCUT2D eigenvalue weighted by atomic mass is 10.1. The van der Waals surface area contributed by atoms with Crippen LogP contribution in [0.2, 0.25) is 0 Å². The first-order chi connectivity index (χ1) is 11.8. The summed E-state index contributed by atoms with van der Waals surface area (Å²) < 4.78 is 11.2. The summed E-state index contributed by atoms with van der Waals surface area (Å²) in [6, 6.07) is 4.30. The van der Waals surface area contributed by atoms with Gasteiger partial charge in [-0.05, 0) is 43.6 Å². The van der Waals surface area contributed by atoms with Crippen LogP contribution in [-0.4, -0.2) is 51.5 Å². The van der Waals surface area contributed by atoms with Crippen LogP contribution in [0.3, 0.4) is 0 Å². The summed E-state index contributed by atoms with van der Waals surface area (Å²) in [7, 11) is 0. The highest BCUT2D eigenvalue weighted by Crippen LogP contribution is 2.14. The molecular weight excluding hydrogens is 449 g/mol. The maximum atomic E-state index is 5.67. The van der Waals surface area contributed by atoms with Gasteiger partial charge in [0.2, 0.25) is 0 Å². The molecule has 0 amide bonds. The van der Waals surface area contributed by atoms with E-state index in [4.69, 9.17) is 9.47 Å². The molecule has 2 rings (SSSR count). The van der Waals surface area contributed by atoms with Crippen LogP contribution in [-0.2, 0) is 15.9 Å². The lowest BCUT2D eigenvalue weighted by Gasteiger charge is -2.14. The van der Waals surface area contributed by atoms with E-state index in [0.717, 1.165) is 51.5 Å². The lowest BCUT2D eigenvalue weighted by Crippen LogP contribution is -2.39. The van der Waals surface area contributed by atoms with Crippen LogP contribution < -0.4 is 10.6 Å². The number of guanidine groups is 1. The van der Waals surface area contributed by atoms with Crippen molar-refractivity contribution in [3.63, 3.8) is 0 Å². The molecule has 2 unspecified atom stereocenters. The van der Waals surface area contributed by atoms with Crippen LogP contribution in [0.15, 0.2) is 22.5 Å². The lowest BCUT2D eigenvalue weighted by molar-refractivity contribution is 0.0191. The van der Waals surface area contributed by atoms with Crippen molar-refractivity contribution in [3.05, 3.63) is 22.4 Å². The van der Waals surface area contributed by atoms with Gasteiger partial charge in [-0.2, -0.15) is 0 Å². The van der Waals surface area contributed by atoms with Gasteiger partial charge in [0.05, 0.1) is 19.3 Å². The first-order valence-corrected chi connectivity index (χ1v) is 9.89. The second-order valence-electron chi connectivity index (χ2n) is 6.25. The third-order valence-electron chi connectivity index (χ3n) is 3.90. The molecular formula is C18H32IN3O2S. The van der Waals surface area contributed by atoms with E-state index in [-0.39, 0.29) is 24.0 Å². The zero-order valence-electron chi connectivity index (χ0n) is 15.3. The van der Waals surface area contributed by atoms with Gasteiger partial charge in [-0.25, -0.2) is 0 Å². The Hall–Kier alpha value is -0.380. The number of rotatable bonds is 10. The molecule has 0 bridgehead atoms. The summed E-state index contributed by atoms with van der Waals surface area (Å²) >= 11 is 1.82. The number of halogens is 1. The van der Waals surface area contributed by atoms with Gasteiger partial charge >= 0.3 is 0 Å². The molecule has 1 aromatic rings. The summed E-state index contributed by atoms with van der Waals surface area (Å²) in [5, 5.41) is 8.76. The van der Waals surface area contributed by atoms with E-state index in [0.29, 0.717) is 25.2 Å². The predicted octanol–water partition coefficient (Wildman–Crippen LogP) is 3.30. The molecule has 1 fully saturated rings. The van der Waals surface area contributed by atoms with Crippen molar-refractivity contribution in [3.8, 4) is 0 Å². The minimum Gasteiger partial charge on any atom is -0.377 e. The van der Waals surface area contributed by atoms with Crippen LogP contribution in [0.4, 0.5) is 0 Å². The SMILES string of the molecule is CCNC(=NCC(C)Cc1cccs1)NCCOCC1CCCO1.I. The van der Waals surface area contributed by atoms with Crippen LogP contribution in [0.25, 0.3) is 0 Å². The third-order valence-corrected chi connectivity index (χ3v) is 4.80. The van der Waals surface area contributed by atoms with Gasteiger partial charge in [-0.1, -0.05) is 13.0 Å².